The monoisotopic (exact) mass is 344 g/mol. The Morgan fingerprint density at radius 1 is 1.28 bits per heavy atom. The van der Waals surface area contributed by atoms with Crippen molar-refractivity contribution in [3.63, 3.8) is 0 Å². The van der Waals surface area contributed by atoms with E-state index in [0.717, 1.165) is 31.4 Å². The maximum atomic E-state index is 12.5. The number of hydrogen-bond donors (Lipinski definition) is 2. The smallest absolute Gasteiger partial charge is 0.251 e. The van der Waals surface area contributed by atoms with E-state index in [1.807, 2.05) is 0 Å². The average Bonchev–Trinajstić information content (AvgIpc) is 2.62. The molecule has 1 saturated carbocycles. The quantitative estimate of drug-likeness (QED) is 0.882. The summed E-state index contributed by atoms with van der Waals surface area (Å²) in [5.41, 5.74) is 0.634. The molecule has 1 aromatic rings. The highest BCUT2D eigenvalue weighted by molar-refractivity contribution is 5.94. The molecule has 0 bridgehead atoms. The molecule has 2 fully saturated rings. The maximum absolute atomic E-state index is 12.5. The third kappa shape index (κ3) is 3.65. The standard InChI is InChI=1S/C20H28N2O3/c1-4-16-12(2)17-10-7-14(11-18(17)22-20(16)24)21-19(23)13-5-8-15(25-3)9-6-13/h5-6,8-9,12,14,16-18H,4,7,10-11H2,1-3H3,(H,21,23)(H,22,24). The lowest BCUT2D eigenvalue weighted by atomic mass is 9.67. The molecule has 5 nitrogen and oxygen atoms in total. The summed E-state index contributed by atoms with van der Waals surface area (Å²) in [6, 6.07) is 7.42. The Morgan fingerprint density at radius 2 is 2.00 bits per heavy atom. The van der Waals surface area contributed by atoms with Crippen molar-refractivity contribution in [2.75, 3.05) is 7.11 Å². The van der Waals surface area contributed by atoms with E-state index in [2.05, 4.69) is 24.5 Å². The Labute approximate surface area is 149 Å². The molecular formula is C20H28N2O3. The molecule has 3 rings (SSSR count). The first-order valence-electron chi connectivity index (χ1n) is 9.28. The molecule has 5 heteroatoms. The van der Waals surface area contributed by atoms with Crippen molar-refractivity contribution in [1.29, 1.82) is 0 Å². The molecule has 5 unspecified atom stereocenters. The zero-order valence-electron chi connectivity index (χ0n) is 15.2. The number of carbonyl (C=O) groups is 2. The second-order valence-corrected chi connectivity index (χ2v) is 7.36. The van der Waals surface area contributed by atoms with Crippen LogP contribution in [0.1, 0.15) is 49.9 Å². The van der Waals surface area contributed by atoms with Crippen molar-refractivity contribution in [2.45, 2.75) is 51.6 Å². The highest BCUT2D eigenvalue weighted by atomic mass is 16.5. The van der Waals surface area contributed by atoms with E-state index in [4.69, 9.17) is 4.74 Å². The van der Waals surface area contributed by atoms with Crippen LogP contribution >= 0.6 is 0 Å². The van der Waals surface area contributed by atoms with Gasteiger partial charge in [0, 0.05) is 23.6 Å². The normalized spacial score (nSPS) is 31.6. The Hall–Kier alpha value is -2.04. The summed E-state index contributed by atoms with van der Waals surface area (Å²) in [6.07, 6.45) is 3.74. The van der Waals surface area contributed by atoms with Crippen LogP contribution in [0.5, 0.6) is 5.75 Å². The van der Waals surface area contributed by atoms with Crippen molar-refractivity contribution >= 4 is 11.8 Å². The molecule has 1 aliphatic heterocycles. The fourth-order valence-electron chi connectivity index (χ4n) is 4.52. The summed E-state index contributed by atoms with van der Waals surface area (Å²) in [4.78, 5) is 24.8. The average molecular weight is 344 g/mol. The zero-order chi connectivity index (χ0) is 18.0. The van der Waals surface area contributed by atoms with Gasteiger partial charge in [-0.15, -0.1) is 0 Å². The molecule has 0 radical (unpaired) electrons. The predicted molar refractivity (Wildman–Crippen MR) is 96.5 cm³/mol. The van der Waals surface area contributed by atoms with E-state index < -0.39 is 0 Å². The Bertz CT molecular complexity index is 628. The van der Waals surface area contributed by atoms with Gasteiger partial charge in [0.05, 0.1) is 7.11 Å². The van der Waals surface area contributed by atoms with E-state index in [-0.39, 0.29) is 29.8 Å². The molecule has 1 aromatic carbocycles. The minimum absolute atomic E-state index is 0.0623. The third-order valence-corrected chi connectivity index (χ3v) is 6.01. The van der Waals surface area contributed by atoms with Crippen LogP contribution in [-0.2, 0) is 4.79 Å². The van der Waals surface area contributed by atoms with Crippen molar-refractivity contribution in [3.05, 3.63) is 29.8 Å². The van der Waals surface area contributed by atoms with Gasteiger partial charge < -0.3 is 15.4 Å². The first kappa shape index (κ1) is 17.8. The van der Waals surface area contributed by atoms with Crippen LogP contribution in [0, 0.1) is 17.8 Å². The van der Waals surface area contributed by atoms with E-state index in [0.29, 0.717) is 17.4 Å². The highest BCUT2D eigenvalue weighted by Crippen LogP contribution is 2.38. The van der Waals surface area contributed by atoms with Gasteiger partial charge in [0.2, 0.25) is 5.91 Å². The molecule has 2 aliphatic rings. The zero-order valence-corrected chi connectivity index (χ0v) is 15.2. The van der Waals surface area contributed by atoms with Crippen LogP contribution in [0.4, 0.5) is 0 Å². The summed E-state index contributed by atoms with van der Waals surface area (Å²) >= 11 is 0. The number of carbonyl (C=O) groups excluding carboxylic acids is 2. The van der Waals surface area contributed by atoms with Gasteiger partial charge in [-0.05, 0) is 61.8 Å². The minimum Gasteiger partial charge on any atom is -0.497 e. The number of amides is 2. The SMILES string of the molecule is CCC1C(=O)NC2CC(NC(=O)c3ccc(OC)cc3)CCC2C1C. The number of nitrogens with one attached hydrogen (secondary N) is 2. The largest absolute Gasteiger partial charge is 0.497 e. The summed E-state index contributed by atoms with van der Waals surface area (Å²) in [7, 11) is 1.61. The second-order valence-electron chi connectivity index (χ2n) is 7.36. The molecule has 1 heterocycles. The molecule has 2 amide bonds. The fraction of sp³-hybridized carbons (Fsp3) is 0.600. The molecule has 0 spiro atoms. The highest BCUT2D eigenvalue weighted by Gasteiger charge is 2.43. The lowest BCUT2D eigenvalue weighted by Gasteiger charge is -2.46. The van der Waals surface area contributed by atoms with Gasteiger partial charge >= 0.3 is 0 Å². The molecule has 0 aromatic heterocycles. The lowest BCUT2D eigenvalue weighted by Crippen LogP contribution is -2.58. The van der Waals surface area contributed by atoms with Crippen LogP contribution in [0.2, 0.25) is 0 Å². The Morgan fingerprint density at radius 3 is 2.64 bits per heavy atom. The van der Waals surface area contributed by atoms with Gasteiger partial charge in [-0.2, -0.15) is 0 Å². The van der Waals surface area contributed by atoms with Gasteiger partial charge in [0.25, 0.3) is 5.91 Å². The van der Waals surface area contributed by atoms with E-state index in [9.17, 15) is 9.59 Å². The molecule has 136 valence electrons. The fourth-order valence-corrected chi connectivity index (χ4v) is 4.52. The van der Waals surface area contributed by atoms with Crippen LogP contribution in [-0.4, -0.2) is 31.0 Å². The molecule has 1 saturated heterocycles. The lowest BCUT2D eigenvalue weighted by molar-refractivity contribution is -0.133. The van der Waals surface area contributed by atoms with Crippen LogP contribution in [0.15, 0.2) is 24.3 Å². The minimum atomic E-state index is -0.0623. The van der Waals surface area contributed by atoms with Crippen molar-refractivity contribution < 1.29 is 14.3 Å². The van der Waals surface area contributed by atoms with Crippen LogP contribution < -0.4 is 15.4 Å². The van der Waals surface area contributed by atoms with E-state index in [1.165, 1.54) is 0 Å². The molecular weight excluding hydrogens is 316 g/mol. The molecule has 1 aliphatic carbocycles. The van der Waals surface area contributed by atoms with Crippen molar-refractivity contribution in [1.82, 2.24) is 10.6 Å². The van der Waals surface area contributed by atoms with Crippen LogP contribution in [0.3, 0.4) is 0 Å². The van der Waals surface area contributed by atoms with Gasteiger partial charge in [-0.1, -0.05) is 13.8 Å². The summed E-state index contributed by atoms with van der Waals surface area (Å²) in [6.45, 7) is 4.29. The summed E-state index contributed by atoms with van der Waals surface area (Å²) in [5, 5.41) is 6.33. The number of piperidine rings is 1. The van der Waals surface area contributed by atoms with Crippen LogP contribution in [0.25, 0.3) is 0 Å². The topological polar surface area (TPSA) is 67.4 Å². The number of methoxy groups -OCH3 is 1. The number of ether oxygens (including phenoxy) is 1. The predicted octanol–water partition coefficient (Wildman–Crippen LogP) is 2.75. The Kier molecular flexibility index (Phi) is 5.30. The van der Waals surface area contributed by atoms with Gasteiger partial charge in [0.1, 0.15) is 5.75 Å². The third-order valence-electron chi connectivity index (χ3n) is 6.01. The number of benzene rings is 1. The van der Waals surface area contributed by atoms with Gasteiger partial charge in [0.15, 0.2) is 0 Å². The van der Waals surface area contributed by atoms with E-state index in [1.54, 1.807) is 31.4 Å². The van der Waals surface area contributed by atoms with Gasteiger partial charge in [-0.25, -0.2) is 0 Å². The molecule has 25 heavy (non-hydrogen) atoms. The van der Waals surface area contributed by atoms with Crippen molar-refractivity contribution in [2.24, 2.45) is 17.8 Å². The first-order chi connectivity index (χ1) is 12.0. The number of fused-ring (bicyclic) bond motifs is 1. The summed E-state index contributed by atoms with van der Waals surface area (Å²) < 4.78 is 5.12. The summed E-state index contributed by atoms with van der Waals surface area (Å²) in [5.74, 6) is 1.93. The maximum Gasteiger partial charge on any atom is 0.251 e. The first-order valence-corrected chi connectivity index (χ1v) is 9.28. The number of rotatable bonds is 4. The van der Waals surface area contributed by atoms with Crippen molar-refractivity contribution in [3.8, 4) is 5.75 Å². The number of hydrogen-bond acceptors (Lipinski definition) is 3. The van der Waals surface area contributed by atoms with E-state index >= 15 is 0 Å². The Balaban J connectivity index is 1.60. The molecule has 5 atom stereocenters. The molecule has 2 N–H and O–H groups in total. The second kappa shape index (κ2) is 7.46. The van der Waals surface area contributed by atoms with Gasteiger partial charge in [-0.3, -0.25) is 9.59 Å².